The Labute approximate surface area is 98.3 Å². The normalized spacial score (nSPS) is 27.0. The zero-order valence-electron chi connectivity index (χ0n) is 9.35. The molecule has 0 radical (unpaired) electrons. The molecule has 1 saturated heterocycles. The Hall–Kier alpha value is 0.0600. The molecule has 0 bridgehead atoms. The minimum Gasteiger partial charge on any atom is -0.378 e. The second kappa shape index (κ2) is 6.71. The Morgan fingerprint density at radius 3 is 2.81 bits per heavy atom. The van der Waals surface area contributed by atoms with Crippen molar-refractivity contribution < 1.29 is 17.9 Å². The predicted molar refractivity (Wildman–Crippen MR) is 59.6 cm³/mol. The number of rotatable bonds is 5. The van der Waals surface area contributed by atoms with Crippen LogP contribution in [0.25, 0.3) is 0 Å². The lowest BCUT2D eigenvalue weighted by Crippen LogP contribution is -2.39. The van der Waals surface area contributed by atoms with Crippen LogP contribution in [-0.2, 0) is 4.74 Å². The summed E-state index contributed by atoms with van der Waals surface area (Å²) in [5.41, 5.74) is -4.11. The second-order valence-corrected chi connectivity index (χ2v) is 5.03. The minimum absolute atomic E-state index is 0.0349. The van der Waals surface area contributed by atoms with E-state index in [4.69, 9.17) is 4.74 Å². The molecule has 0 spiro atoms. The number of thioether (sulfide) groups is 1. The maximum absolute atomic E-state index is 11.9. The predicted octanol–water partition coefficient (Wildman–Crippen LogP) is 2.79. The molecule has 0 saturated carbocycles. The van der Waals surface area contributed by atoms with Crippen molar-refractivity contribution in [3.63, 3.8) is 0 Å². The van der Waals surface area contributed by atoms with Gasteiger partial charge in [0.15, 0.2) is 0 Å². The van der Waals surface area contributed by atoms with E-state index in [1.54, 1.807) is 0 Å². The van der Waals surface area contributed by atoms with Crippen molar-refractivity contribution in [1.82, 2.24) is 5.32 Å². The van der Waals surface area contributed by atoms with Crippen LogP contribution in [0.5, 0.6) is 0 Å². The summed E-state index contributed by atoms with van der Waals surface area (Å²) in [7, 11) is 0. The average molecular weight is 257 g/mol. The van der Waals surface area contributed by atoms with Crippen molar-refractivity contribution >= 4 is 11.8 Å². The minimum atomic E-state index is -4.11. The Morgan fingerprint density at radius 2 is 2.19 bits per heavy atom. The number of halogens is 3. The number of ether oxygens (including phenoxy) is 1. The average Bonchev–Trinajstić information content (AvgIpc) is 2.23. The summed E-state index contributed by atoms with van der Waals surface area (Å²) in [6.45, 7) is 3.18. The fraction of sp³-hybridized carbons (Fsp3) is 1.00. The first-order valence-electron chi connectivity index (χ1n) is 5.57. The van der Waals surface area contributed by atoms with Crippen LogP contribution in [0.2, 0.25) is 0 Å². The monoisotopic (exact) mass is 257 g/mol. The quantitative estimate of drug-likeness (QED) is 0.765. The summed E-state index contributed by atoms with van der Waals surface area (Å²) >= 11 is 0.0349. The van der Waals surface area contributed by atoms with E-state index in [0.29, 0.717) is 19.2 Å². The third-order valence-corrected chi connectivity index (χ3v) is 3.36. The number of hydrogen-bond acceptors (Lipinski definition) is 3. The van der Waals surface area contributed by atoms with Crippen molar-refractivity contribution in [3.8, 4) is 0 Å². The second-order valence-electron chi connectivity index (χ2n) is 3.87. The van der Waals surface area contributed by atoms with Crippen molar-refractivity contribution in [2.75, 3.05) is 18.9 Å². The number of nitrogens with one attached hydrogen (secondary N) is 1. The standard InChI is InChI=1S/C10H18F3NOS/c1-2-9-7-8(3-5-15-9)14-4-6-16-10(11,12)13/h8-9,14H,2-7H2,1H3. The summed E-state index contributed by atoms with van der Waals surface area (Å²) in [6, 6.07) is 0.313. The van der Waals surface area contributed by atoms with Gasteiger partial charge in [0, 0.05) is 24.9 Å². The Morgan fingerprint density at radius 1 is 1.44 bits per heavy atom. The van der Waals surface area contributed by atoms with E-state index < -0.39 is 5.51 Å². The van der Waals surface area contributed by atoms with Crippen LogP contribution in [-0.4, -0.2) is 36.6 Å². The third-order valence-electron chi connectivity index (χ3n) is 2.62. The van der Waals surface area contributed by atoms with E-state index in [2.05, 4.69) is 12.2 Å². The van der Waals surface area contributed by atoms with Crippen molar-refractivity contribution in [3.05, 3.63) is 0 Å². The Bertz CT molecular complexity index is 201. The zero-order valence-corrected chi connectivity index (χ0v) is 10.2. The first-order chi connectivity index (χ1) is 7.51. The van der Waals surface area contributed by atoms with E-state index in [-0.39, 0.29) is 23.6 Å². The van der Waals surface area contributed by atoms with Gasteiger partial charge in [0.2, 0.25) is 0 Å². The highest BCUT2D eigenvalue weighted by molar-refractivity contribution is 8.00. The molecule has 0 aromatic rings. The summed E-state index contributed by atoms with van der Waals surface area (Å²) < 4.78 is 41.1. The van der Waals surface area contributed by atoms with Crippen LogP contribution in [0.1, 0.15) is 26.2 Å². The van der Waals surface area contributed by atoms with Crippen LogP contribution < -0.4 is 5.32 Å². The van der Waals surface area contributed by atoms with E-state index in [0.717, 1.165) is 19.3 Å². The molecule has 0 aromatic heterocycles. The molecule has 2 atom stereocenters. The molecule has 0 aromatic carbocycles. The largest absolute Gasteiger partial charge is 0.441 e. The number of alkyl halides is 3. The highest BCUT2D eigenvalue weighted by Crippen LogP contribution is 2.29. The molecule has 2 unspecified atom stereocenters. The summed E-state index contributed by atoms with van der Waals surface area (Å²) in [5.74, 6) is 0.0810. The van der Waals surface area contributed by atoms with Crippen LogP contribution >= 0.6 is 11.8 Å². The van der Waals surface area contributed by atoms with Gasteiger partial charge in [-0.25, -0.2) is 0 Å². The first-order valence-corrected chi connectivity index (χ1v) is 6.55. The smallest absolute Gasteiger partial charge is 0.378 e. The van der Waals surface area contributed by atoms with E-state index in [1.807, 2.05) is 0 Å². The SMILES string of the molecule is CCC1CC(NCCSC(F)(F)F)CCO1. The van der Waals surface area contributed by atoms with Crippen LogP contribution in [0.4, 0.5) is 13.2 Å². The lowest BCUT2D eigenvalue weighted by molar-refractivity contribution is -0.0328. The van der Waals surface area contributed by atoms with Crippen LogP contribution in [0.3, 0.4) is 0 Å². The van der Waals surface area contributed by atoms with Crippen molar-refractivity contribution in [1.29, 1.82) is 0 Å². The molecule has 1 aliphatic heterocycles. The molecule has 6 heteroatoms. The fourth-order valence-electron chi connectivity index (χ4n) is 1.78. The topological polar surface area (TPSA) is 21.3 Å². The molecule has 2 nitrogen and oxygen atoms in total. The highest BCUT2D eigenvalue weighted by Gasteiger charge is 2.27. The molecule has 0 aliphatic carbocycles. The molecule has 1 aliphatic rings. The van der Waals surface area contributed by atoms with E-state index >= 15 is 0 Å². The van der Waals surface area contributed by atoms with Gasteiger partial charge in [0.1, 0.15) is 0 Å². The first kappa shape index (κ1) is 14.1. The molecule has 1 fully saturated rings. The number of hydrogen-bond donors (Lipinski definition) is 1. The van der Waals surface area contributed by atoms with Gasteiger partial charge in [-0.2, -0.15) is 13.2 Å². The van der Waals surface area contributed by atoms with Crippen molar-refractivity contribution in [2.45, 2.75) is 43.8 Å². The van der Waals surface area contributed by atoms with Gasteiger partial charge in [-0.1, -0.05) is 6.92 Å². The van der Waals surface area contributed by atoms with Crippen LogP contribution in [0, 0.1) is 0 Å². The fourth-order valence-corrected chi connectivity index (χ4v) is 2.23. The maximum Gasteiger partial charge on any atom is 0.441 e. The van der Waals surface area contributed by atoms with Gasteiger partial charge in [-0.05, 0) is 31.0 Å². The molecule has 1 heterocycles. The lowest BCUT2D eigenvalue weighted by Gasteiger charge is -2.29. The summed E-state index contributed by atoms with van der Waals surface area (Å²) in [6.07, 6.45) is 3.04. The van der Waals surface area contributed by atoms with E-state index in [1.165, 1.54) is 0 Å². The molecule has 16 heavy (non-hydrogen) atoms. The highest BCUT2D eigenvalue weighted by atomic mass is 32.2. The Balaban J connectivity index is 2.08. The molecule has 1 rings (SSSR count). The summed E-state index contributed by atoms with van der Waals surface area (Å²) in [5, 5.41) is 3.16. The van der Waals surface area contributed by atoms with Gasteiger partial charge in [0.05, 0.1) is 6.10 Å². The third kappa shape index (κ3) is 5.96. The molecular weight excluding hydrogens is 239 g/mol. The lowest BCUT2D eigenvalue weighted by atomic mass is 10.0. The van der Waals surface area contributed by atoms with E-state index in [9.17, 15) is 13.2 Å². The van der Waals surface area contributed by atoms with Gasteiger partial charge >= 0.3 is 5.51 Å². The molecule has 1 N–H and O–H groups in total. The molecule has 0 amide bonds. The van der Waals surface area contributed by atoms with Crippen molar-refractivity contribution in [2.24, 2.45) is 0 Å². The Kier molecular flexibility index (Phi) is 5.92. The molecule has 96 valence electrons. The zero-order chi connectivity index (χ0) is 12.0. The molecular formula is C10H18F3NOS. The maximum atomic E-state index is 11.9. The van der Waals surface area contributed by atoms with Gasteiger partial charge < -0.3 is 10.1 Å². The van der Waals surface area contributed by atoms with Crippen LogP contribution in [0.15, 0.2) is 0 Å². The summed E-state index contributed by atoms with van der Waals surface area (Å²) in [4.78, 5) is 0. The van der Waals surface area contributed by atoms with Gasteiger partial charge in [0.25, 0.3) is 0 Å². The van der Waals surface area contributed by atoms with Gasteiger partial charge in [-0.15, -0.1) is 0 Å². The van der Waals surface area contributed by atoms with Gasteiger partial charge in [-0.3, -0.25) is 0 Å².